The van der Waals surface area contributed by atoms with Gasteiger partial charge in [0.15, 0.2) is 11.5 Å². The smallest absolute Gasteiger partial charge is 0.260 e. The minimum atomic E-state index is -0.286. The molecule has 100 valence electrons. The fraction of sp³-hybridized carbons (Fsp3) is 0.231. The van der Waals surface area contributed by atoms with Crippen LogP contribution in [-0.4, -0.2) is 25.3 Å². The number of methoxy groups -OCH3 is 2. The molecule has 0 bridgehead atoms. The van der Waals surface area contributed by atoms with Gasteiger partial charge in [0.1, 0.15) is 11.8 Å². The Bertz CT molecular complexity index is 592. The summed E-state index contributed by atoms with van der Waals surface area (Å²) >= 11 is 0. The molecule has 6 heteroatoms. The van der Waals surface area contributed by atoms with Gasteiger partial charge in [-0.25, -0.2) is 0 Å². The second-order valence-corrected chi connectivity index (χ2v) is 3.84. The normalized spacial score (nSPS) is 10.1. The second kappa shape index (κ2) is 5.43. The van der Waals surface area contributed by atoms with Gasteiger partial charge in [-0.1, -0.05) is 5.16 Å². The Morgan fingerprint density at radius 3 is 2.58 bits per heavy atom. The summed E-state index contributed by atoms with van der Waals surface area (Å²) in [5.74, 6) is 0.856. The van der Waals surface area contributed by atoms with Crippen LogP contribution in [-0.2, 0) is 0 Å². The zero-order valence-electron chi connectivity index (χ0n) is 10.9. The molecule has 0 atom stereocenters. The lowest BCUT2D eigenvalue weighted by atomic mass is 10.2. The maximum atomic E-state index is 12.0. The highest BCUT2D eigenvalue weighted by atomic mass is 16.5. The van der Waals surface area contributed by atoms with Crippen LogP contribution in [0, 0.1) is 6.92 Å². The van der Waals surface area contributed by atoms with E-state index in [1.54, 1.807) is 32.2 Å². The van der Waals surface area contributed by atoms with Gasteiger partial charge in [0.2, 0.25) is 0 Å². The third kappa shape index (κ3) is 2.67. The van der Waals surface area contributed by atoms with Gasteiger partial charge >= 0.3 is 0 Å². The van der Waals surface area contributed by atoms with Gasteiger partial charge in [-0.2, -0.15) is 0 Å². The molecule has 0 unspecified atom stereocenters. The van der Waals surface area contributed by atoms with Crippen molar-refractivity contribution in [2.75, 3.05) is 19.5 Å². The number of nitrogens with zero attached hydrogens (tertiary/aromatic N) is 1. The first-order valence-corrected chi connectivity index (χ1v) is 5.60. The molecule has 1 aromatic carbocycles. The van der Waals surface area contributed by atoms with Crippen LogP contribution in [0.3, 0.4) is 0 Å². The van der Waals surface area contributed by atoms with Gasteiger partial charge in [0, 0.05) is 11.8 Å². The maximum Gasteiger partial charge on any atom is 0.260 e. The number of rotatable bonds is 4. The second-order valence-electron chi connectivity index (χ2n) is 3.84. The molecule has 1 amide bonds. The minimum absolute atomic E-state index is 0.286. The van der Waals surface area contributed by atoms with Crippen molar-refractivity contribution in [3.8, 4) is 11.5 Å². The Labute approximate surface area is 110 Å². The van der Waals surface area contributed by atoms with E-state index < -0.39 is 0 Å². The highest BCUT2D eigenvalue weighted by Gasteiger charge is 2.13. The number of carbonyl (C=O) groups is 1. The molecule has 0 aliphatic carbocycles. The van der Waals surface area contributed by atoms with Crippen LogP contribution < -0.4 is 14.8 Å². The fourth-order valence-electron chi connectivity index (χ4n) is 1.62. The number of aryl methyl sites for hydroxylation is 1. The Hall–Kier alpha value is -2.50. The molecule has 0 aliphatic heterocycles. The summed E-state index contributed by atoms with van der Waals surface area (Å²) in [7, 11) is 3.09. The van der Waals surface area contributed by atoms with Crippen molar-refractivity contribution in [2.45, 2.75) is 6.92 Å². The van der Waals surface area contributed by atoms with Crippen LogP contribution in [0.4, 0.5) is 5.69 Å². The van der Waals surface area contributed by atoms with E-state index >= 15 is 0 Å². The van der Waals surface area contributed by atoms with Crippen molar-refractivity contribution in [1.82, 2.24) is 5.16 Å². The number of hydrogen-bond donors (Lipinski definition) is 1. The van der Waals surface area contributed by atoms with Crippen molar-refractivity contribution in [1.29, 1.82) is 0 Å². The van der Waals surface area contributed by atoms with E-state index in [0.717, 1.165) is 0 Å². The number of anilines is 1. The van der Waals surface area contributed by atoms with Gasteiger partial charge in [-0.3, -0.25) is 4.79 Å². The first-order valence-electron chi connectivity index (χ1n) is 5.60. The topological polar surface area (TPSA) is 73.6 Å². The SMILES string of the molecule is COc1ccc(NC(=O)c2conc2C)cc1OC. The van der Waals surface area contributed by atoms with E-state index in [0.29, 0.717) is 28.4 Å². The zero-order chi connectivity index (χ0) is 13.8. The Morgan fingerprint density at radius 1 is 1.26 bits per heavy atom. The third-order valence-electron chi connectivity index (χ3n) is 2.64. The fourth-order valence-corrected chi connectivity index (χ4v) is 1.62. The molecule has 0 radical (unpaired) electrons. The van der Waals surface area contributed by atoms with Gasteiger partial charge < -0.3 is 19.3 Å². The molecule has 1 aromatic heterocycles. The molecule has 19 heavy (non-hydrogen) atoms. The van der Waals surface area contributed by atoms with Crippen molar-refractivity contribution in [2.24, 2.45) is 0 Å². The molecule has 1 heterocycles. The molecule has 6 nitrogen and oxygen atoms in total. The number of nitrogens with one attached hydrogen (secondary N) is 1. The zero-order valence-corrected chi connectivity index (χ0v) is 10.9. The van der Waals surface area contributed by atoms with Crippen molar-refractivity contribution in [3.05, 3.63) is 35.7 Å². The summed E-state index contributed by atoms with van der Waals surface area (Å²) in [6, 6.07) is 5.12. The van der Waals surface area contributed by atoms with Gasteiger partial charge in [-0.05, 0) is 19.1 Å². The quantitative estimate of drug-likeness (QED) is 0.914. The Morgan fingerprint density at radius 2 is 2.00 bits per heavy atom. The van der Waals surface area contributed by atoms with Gasteiger partial charge in [-0.15, -0.1) is 0 Å². The summed E-state index contributed by atoms with van der Waals surface area (Å²) in [4.78, 5) is 12.0. The van der Waals surface area contributed by atoms with Crippen LogP contribution in [0.1, 0.15) is 16.1 Å². The molecule has 0 saturated carbocycles. The third-order valence-corrected chi connectivity index (χ3v) is 2.64. The van der Waals surface area contributed by atoms with Crippen LogP contribution in [0.2, 0.25) is 0 Å². The van der Waals surface area contributed by atoms with Gasteiger partial charge in [0.05, 0.1) is 19.9 Å². The number of benzene rings is 1. The van der Waals surface area contributed by atoms with Gasteiger partial charge in [0.25, 0.3) is 5.91 Å². The van der Waals surface area contributed by atoms with E-state index in [9.17, 15) is 4.79 Å². The number of carbonyl (C=O) groups excluding carboxylic acids is 1. The number of hydrogen-bond acceptors (Lipinski definition) is 5. The maximum absolute atomic E-state index is 12.0. The predicted molar refractivity (Wildman–Crippen MR) is 68.7 cm³/mol. The molecular formula is C13H14N2O4. The molecule has 1 N–H and O–H groups in total. The minimum Gasteiger partial charge on any atom is -0.493 e. The molecule has 0 spiro atoms. The predicted octanol–water partition coefficient (Wildman–Crippen LogP) is 2.25. The standard InChI is InChI=1S/C13H14N2O4/c1-8-10(7-19-15-8)13(16)14-9-4-5-11(17-2)12(6-9)18-3/h4-7H,1-3H3,(H,14,16). The summed E-state index contributed by atoms with van der Waals surface area (Å²) in [6.07, 6.45) is 1.31. The summed E-state index contributed by atoms with van der Waals surface area (Å²) in [6.45, 7) is 1.70. The lowest BCUT2D eigenvalue weighted by Gasteiger charge is -2.10. The summed E-state index contributed by atoms with van der Waals surface area (Å²) < 4.78 is 15.0. The largest absolute Gasteiger partial charge is 0.493 e. The lowest BCUT2D eigenvalue weighted by molar-refractivity contribution is 0.102. The lowest BCUT2D eigenvalue weighted by Crippen LogP contribution is -2.12. The van der Waals surface area contributed by atoms with E-state index in [-0.39, 0.29) is 5.91 Å². The van der Waals surface area contributed by atoms with Crippen molar-refractivity contribution >= 4 is 11.6 Å². The van der Waals surface area contributed by atoms with Crippen molar-refractivity contribution < 1.29 is 18.8 Å². The van der Waals surface area contributed by atoms with Crippen molar-refractivity contribution in [3.63, 3.8) is 0 Å². The highest BCUT2D eigenvalue weighted by Crippen LogP contribution is 2.29. The molecular weight excluding hydrogens is 248 g/mol. The molecule has 2 rings (SSSR count). The molecule has 2 aromatic rings. The van der Waals surface area contributed by atoms with Crippen LogP contribution >= 0.6 is 0 Å². The number of aromatic nitrogens is 1. The van der Waals surface area contributed by atoms with E-state index in [1.807, 2.05) is 0 Å². The summed E-state index contributed by atoms with van der Waals surface area (Å²) in [5.41, 5.74) is 1.54. The first-order chi connectivity index (χ1) is 9.15. The van der Waals surface area contributed by atoms with Crippen LogP contribution in [0.15, 0.2) is 29.0 Å². The van der Waals surface area contributed by atoms with Crippen LogP contribution in [0.5, 0.6) is 11.5 Å². The molecule has 0 saturated heterocycles. The summed E-state index contributed by atoms with van der Waals surface area (Å²) in [5, 5.41) is 6.40. The Balaban J connectivity index is 2.20. The van der Waals surface area contributed by atoms with E-state index in [2.05, 4.69) is 10.5 Å². The monoisotopic (exact) mass is 262 g/mol. The number of ether oxygens (including phenoxy) is 2. The van der Waals surface area contributed by atoms with E-state index in [1.165, 1.54) is 13.4 Å². The molecule has 0 fully saturated rings. The highest BCUT2D eigenvalue weighted by molar-refractivity contribution is 6.04. The van der Waals surface area contributed by atoms with Crippen LogP contribution in [0.25, 0.3) is 0 Å². The average molecular weight is 262 g/mol. The average Bonchev–Trinajstić information content (AvgIpc) is 2.85. The molecule has 0 aliphatic rings. The Kier molecular flexibility index (Phi) is 3.70. The first kappa shape index (κ1) is 12.9. The number of amides is 1. The van der Waals surface area contributed by atoms with E-state index in [4.69, 9.17) is 14.0 Å².